The average molecular weight is 556 g/mol. The maximum absolute atomic E-state index is 14.0. The summed E-state index contributed by atoms with van der Waals surface area (Å²) < 4.78 is 45.7. The Labute approximate surface area is 229 Å². The van der Waals surface area contributed by atoms with E-state index in [1.807, 2.05) is 44.2 Å². The van der Waals surface area contributed by atoms with Crippen LogP contribution in [0.15, 0.2) is 78.9 Å². The Kier molecular flexibility index (Phi) is 10.1. The van der Waals surface area contributed by atoms with E-state index in [2.05, 4.69) is 5.32 Å². The predicted octanol–water partition coefficient (Wildman–Crippen LogP) is 3.77. The van der Waals surface area contributed by atoms with E-state index in [1.165, 1.54) is 36.3 Å². The largest absolute Gasteiger partial charge is 0.495 e. The van der Waals surface area contributed by atoms with Gasteiger partial charge in [-0.3, -0.25) is 13.9 Å². The predicted molar refractivity (Wildman–Crippen MR) is 149 cm³/mol. The molecule has 0 aliphatic rings. The number of hydrogen-bond donors (Lipinski definition) is 1. The summed E-state index contributed by atoms with van der Waals surface area (Å²) >= 11 is 0. The minimum absolute atomic E-state index is 0.0361. The molecule has 1 N–H and O–H groups in total. The van der Waals surface area contributed by atoms with Crippen molar-refractivity contribution >= 4 is 27.5 Å². The molecule has 0 fully saturated rings. The number of amides is 2. The van der Waals surface area contributed by atoms with Gasteiger partial charge >= 0.3 is 0 Å². The normalized spacial score (nSPS) is 12.1. The summed E-state index contributed by atoms with van der Waals surface area (Å²) in [7, 11) is -2.51. The van der Waals surface area contributed by atoms with Crippen LogP contribution in [-0.2, 0) is 32.6 Å². The van der Waals surface area contributed by atoms with Crippen LogP contribution >= 0.6 is 0 Å². The van der Waals surface area contributed by atoms with Crippen molar-refractivity contribution in [2.24, 2.45) is 0 Å². The van der Waals surface area contributed by atoms with Gasteiger partial charge in [-0.2, -0.15) is 0 Å². The lowest BCUT2D eigenvalue weighted by Crippen LogP contribution is -2.54. The molecule has 0 spiro atoms. The fourth-order valence-electron chi connectivity index (χ4n) is 4.15. The molecule has 0 bridgehead atoms. The topological polar surface area (TPSA) is 96.0 Å². The number of carbonyl (C=O) groups excluding carboxylic acids is 2. The molecule has 208 valence electrons. The molecule has 2 amide bonds. The van der Waals surface area contributed by atoms with E-state index in [0.717, 1.165) is 16.1 Å². The highest BCUT2D eigenvalue weighted by Crippen LogP contribution is 2.30. The van der Waals surface area contributed by atoms with Crippen LogP contribution in [0.2, 0.25) is 0 Å². The van der Waals surface area contributed by atoms with Crippen molar-refractivity contribution in [3.05, 3.63) is 95.8 Å². The Morgan fingerprint density at radius 3 is 2.13 bits per heavy atom. The quantitative estimate of drug-likeness (QED) is 0.367. The Balaban J connectivity index is 2.07. The Hall–Kier alpha value is -3.92. The van der Waals surface area contributed by atoms with Crippen molar-refractivity contribution in [2.45, 2.75) is 38.9 Å². The van der Waals surface area contributed by atoms with Crippen molar-refractivity contribution in [3.63, 3.8) is 0 Å². The number of rotatable bonds is 12. The summed E-state index contributed by atoms with van der Waals surface area (Å²) in [4.78, 5) is 28.8. The third-order valence-electron chi connectivity index (χ3n) is 6.00. The van der Waals surface area contributed by atoms with Crippen LogP contribution < -0.4 is 14.4 Å². The van der Waals surface area contributed by atoms with Gasteiger partial charge in [0.2, 0.25) is 21.8 Å². The molecule has 0 radical (unpaired) electrons. The van der Waals surface area contributed by atoms with Crippen molar-refractivity contribution in [2.75, 3.05) is 24.2 Å². The summed E-state index contributed by atoms with van der Waals surface area (Å²) in [5.41, 5.74) is 1.61. The zero-order valence-corrected chi connectivity index (χ0v) is 23.3. The molecule has 0 saturated heterocycles. The summed E-state index contributed by atoms with van der Waals surface area (Å²) in [6, 6.07) is 20.2. The van der Waals surface area contributed by atoms with E-state index in [4.69, 9.17) is 4.74 Å². The highest BCUT2D eigenvalue weighted by molar-refractivity contribution is 7.92. The second-order valence-corrected chi connectivity index (χ2v) is 11.4. The first-order valence-corrected chi connectivity index (χ1v) is 14.3. The van der Waals surface area contributed by atoms with Gasteiger partial charge in [-0.25, -0.2) is 12.8 Å². The molecule has 0 heterocycles. The van der Waals surface area contributed by atoms with Crippen molar-refractivity contribution in [1.82, 2.24) is 10.2 Å². The van der Waals surface area contributed by atoms with Crippen LogP contribution in [0.1, 0.15) is 25.0 Å². The average Bonchev–Trinajstić information content (AvgIpc) is 2.89. The minimum Gasteiger partial charge on any atom is -0.495 e. The van der Waals surface area contributed by atoms with Crippen LogP contribution in [0.3, 0.4) is 0 Å². The molecular formula is C29H34FN3O5S. The molecule has 39 heavy (non-hydrogen) atoms. The van der Waals surface area contributed by atoms with E-state index < -0.39 is 34.3 Å². The number of halogens is 1. The second-order valence-electron chi connectivity index (χ2n) is 9.46. The number of para-hydroxylation sites is 2. The standard InChI is InChI=1S/C29H34FN3O5S/c1-21(2)31-29(35)26(18-22-10-6-5-7-11-22)32(19-23-14-16-24(30)17-15-23)28(34)20-33(39(4,36)37)25-12-8-9-13-27(25)38-3/h5-17,21,26H,18-20H2,1-4H3,(H,31,35). The molecule has 3 aromatic carbocycles. The van der Waals surface area contributed by atoms with Gasteiger partial charge in [-0.05, 0) is 49.2 Å². The molecule has 1 atom stereocenters. The third-order valence-corrected chi connectivity index (χ3v) is 7.13. The van der Waals surface area contributed by atoms with Gasteiger partial charge in [0, 0.05) is 19.0 Å². The van der Waals surface area contributed by atoms with E-state index in [-0.39, 0.29) is 36.4 Å². The molecule has 0 aromatic heterocycles. The maximum Gasteiger partial charge on any atom is 0.244 e. The number of sulfonamides is 1. The van der Waals surface area contributed by atoms with E-state index in [1.54, 1.807) is 24.3 Å². The lowest BCUT2D eigenvalue weighted by atomic mass is 10.0. The minimum atomic E-state index is -3.93. The number of ether oxygens (including phenoxy) is 1. The fourth-order valence-corrected chi connectivity index (χ4v) is 5.00. The van der Waals surface area contributed by atoms with Crippen LogP contribution in [0.25, 0.3) is 0 Å². The Morgan fingerprint density at radius 1 is 0.923 bits per heavy atom. The van der Waals surface area contributed by atoms with Gasteiger partial charge in [-0.15, -0.1) is 0 Å². The number of carbonyl (C=O) groups is 2. The number of nitrogens with zero attached hydrogens (tertiary/aromatic N) is 2. The van der Waals surface area contributed by atoms with Gasteiger partial charge in [0.15, 0.2) is 0 Å². The van der Waals surface area contributed by atoms with E-state index >= 15 is 0 Å². The molecule has 3 aromatic rings. The van der Waals surface area contributed by atoms with Gasteiger partial charge in [0.05, 0.1) is 19.1 Å². The van der Waals surface area contributed by atoms with Crippen molar-refractivity contribution < 1.29 is 27.1 Å². The fraction of sp³-hybridized carbons (Fsp3) is 0.310. The highest BCUT2D eigenvalue weighted by Gasteiger charge is 2.33. The van der Waals surface area contributed by atoms with Crippen LogP contribution in [0, 0.1) is 5.82 Å². The summed E-state index contributed by atoms with van der Waals surface area (Å²) in [5.74, 6) is -1.14. The van der Waals surface area contributed by atoms with Gasteiger partial charge in [0.1, 0.15) is 24.2 Å². The molecule has 1 unspecified atom stereocenters. The van der Waals surface area contributed by atoms with Gasteiger partial charge < -0.3 is 15.0 Å². The molecular weight excluding hydrogens is 521 g/mol. The lowest BCUT2D eigenvalue weighted by Gasteiger charge is -2.34. The number of methoxy groups -OCH3 is 1. The van der Waals surface area contributed by atoms with Gasteiger partial charge in [0.25, 0.3) is 0 Å². The first kappa shape index (κ1) is 29.6. The zero-order chi connectivity index (χ0) is 28.6. The SMILES string of the molecule is COc1ccccc1N(CC(=O)N(Cc1ccc(F)cc1)C(Cc1ccccc1)C(=O)NC(C)C)S(C)(=O)=O. The summed E-state index contributed by atoms with van der Waals surface area (Å²) in [5, 5.41) is 2.88. The first-order chi connectivity index (χ1) is 18.5. The number of nitrogens with one attached hydrogen (secondary N) is 1. The van der Waals surface area contributed by atoms with Crippen molar-refractivity contribution in [3.8, 4) is 5.75 Å². The number of anilines is 1. The monoisotopic (exact) mass is 555 g/mol. The molecule has 3 rings (SSSR count). The van der Waals surface area contributed by atoms with Crippen molar-refractivity contribution in [1.29, 1.82) is 0 Å². The molecule has 0 saturated carbocycles. The van der Waals surface area contributed by atoms with Gasteiger partial charge in [-0.1, -0.05) is 54.6 Å². The van der Waals surface area contributed by atoms with Crippen LogP contribution in [-0.4, -0.2) is 57.1 Å². The van der Waals surface area contributed by atoms with Crippen LogP contribution in [0.4, 0.5) is 10.1 Å². The Morgan fingerprint density at radius 2 is 1.54 bits per heavy atom. The third kappa shape index (κ3) is 8.28. The molecule has 0 aliphatic heterocycles. The molecule has 10 heteroatoms. The molecule has 8 nitrogen and oxygen atoms in total. The highest BCUT2D eigenvalue weighted by atomic mass is 32.2. The van der Waals surface area contributed by atoms with Crippen LogP contribution in [0.5, 0.6) is 5.75 Å². The molecule has 0 aliphatic carbocycles. The summed E-state index contributed by atoms with van der Waals surface area (Å²) in [6.45, 7) is 3.03. The Bertz CT molecular complexity index is 1370. The number of benzene rings is 3. The number of hydrogen-bond acceptors (Lipinski definition) is 5. The van der Waals surface area contributed by atoms with E-state index in [9.17, 15) is 22.4 Å². The summed E-state index contributed by atoms with van der Waals surface area (Å²) in [6.07, 6.45) is 1.20. The second kappa shape index (κ2) is 13.2. The zero-order valence-electron chi connectivity index (χ0n) is 22.5. The maximum atomic E-state index is 14.0. The smallest absolute Gasteiger partial charge is 0.244 e. The van der Waals surface area contributed by atoms with E-state index in [0.29, 0.717) is 5.56 Å². The first-order valence-electron chi connectivity index (χ1n) is 12.5. The lowest BCUT2D eigenvalue weighted by molar-refractivity contribution is -0.140.